The second-order valence-corrected chi connectivity index (χ2v) is 3.01. The standard InChI is InChI=1S/C8H7ClF3NO/c9-7-4(11)1-3(10)6(8(7)12)5(14)2-13/h1,5,14H,2,13H2. The number of aliphatic hydroxyl groups is 1. The molecule has 1 unspecified atom stereocenters. The molecule has 14 heavy (non-hydrogen) atoms. The molecule has 1 aromatic rings. The van der Waals surface area contributed by atoms with E-state index in [1.165, 1.54) is 0 Å². The van der Waals surface area contributed by atoms with Crippen molar-refractivity contribution >= 4 is 11.6 Å². The molecular formula is C8H7ClF3NO. The molecule has 1 rings (SSSR count). The highest BCUT2D eigenvalue weighted by Gasteiger charge is 2.22. The van der Waals surface area contributed by atoms with Crippen molar-refractivity contribution < 1.29 is 18.3 Å². The van der Waals surface area contributed by atoms with Crippen LogP contribution >= 0.6 is 11.6 Å². The van der Waals surface area contributed by atoms with E-state index in [1.54, 1.807) is 0 Å². The van der Waals surface area contributed by atoms with Crippen LogP contribution in [-0.2, 0) is 0 Å². The predicted molar refractivity (Wildman–Crippen MR) is 45.3 cm³/mol. The maximum atomic E-state index is 13.1. The Balaban J connectivity index is 3.36. The summed E-state index contributed by atoms with van der Waals surface area (Å²) in [4.78, 5) is 0. The molecule has 0 fully saturated rings. The summed E-state index contributed by atoms with van der Waals surface area (Å²) >= 11 is 5.19. The Bertz CT molecular complexity index is 359. The molecule has 6 heteroatoms. The Labute approximate surface area is 83.1 Å². The van der Waals surface area contributed by atoms with Gasteiger partial charge in [-0.05, 0) is 0 Å². The fourth-order valence-corrected chi connectivity index (χ4v) is 1.16. The van der Waals surface area contributed by atoms with Crippen LogP contribution in [0, 0.1) is 17.5 Å². The van der Waals surface area contributed by atoms with Crippen LogP contribution in [0.1, 0.15) is 11.7 Å². The highest BCUT2D eigenvalue weighted by molar-refractivity contribution is 6.30. The summed E-state index contributed by atoms with van der Waals surface area (Å²) in [7, 11) is 0. The number of hydrogen-bond acceptors (Lipinski definition) is 2. The topological polar surface area (TPSA) is 46.2 Å². The molecule has 2 nitrogen and oxygen atoms in total. The third kappa shape index (κ3) is 1.84. The second kappa shape index (κ2) is 4.16. The molecule has 0 radical (unpaired) electrons. The highest BCUT2D eigenvalue weighted by atomic mass is 35.5. The van der Waals surface area contributed by atoms with Gasteiger partial charge in [0.1, 0.15) is 16.7 Å². The third-order valence-electron chi connectivity index (χ3n) is 1.71. The zero-order chi connectivity index (χ0) is 10.9. The summed E-state index contributed by atoms with van der Waals surface area (Å²) in [5, 5.41) is 8.27. The predicted octanol–water partition coefficient (Wildman–Crippen LogP) is 1.75. The van der Waals surface area contributed by atoms with E-state index in [0.29, 0.717) is 6.07 Å². The summed E-state index contributed by atoms with van der Waals surface area (Å²) in [6.45, 7) is -0.379. The van der Waals surface area contributed by atoms with Gasteiger partial charge in [0.25, 0.3) is 0 Å². The quantitative estimate of drug-likeness (QED) is 0.595. The van der Waals surface area contributed by atoms with Gasteiger partial charge < -0.3 is 10.8 Å². The molecule has 1 aromatic carbocycles. The van der Waals surface area contributed by atoms with Gasteiger partial charge >= 0.3 is 0 Å². The number of hydrogen-bond donors (Lipinski definition) is 2. The van der Waals surface area contributed by atoms with Crippen LogP contribution in [0.15, 0.2) is 6.07 Å². The normalized spacial score (nSPS) is 13.0. The number of nitrogens with two attached hydrogens (primary N) is 1. The molecule has 0 aliphatic rings. The lowest BCUT2D eigenvalue weighted by atomic mass is 10.1. The van der Waals surface area contributed by atoms with Crippen molar-refractivity contribution in [2.75, 3.05) is 6.54 Å². The SMILES string of the molecule is NCC(O)c1c(F)cc(F)c(Cl)c1F. The van der Waals surface area contributed by atoms with Gasteiger partial charge in [-0.2, -0.15) is 0 Å². The number of halogens is 4. The molecular weight excluding hydrogens is 219 g/mol. The minimum atomic E-state index is -1.53. The van der Waals surface area contributed by atoms with E-state index in [1.807, 2.05) is 0 Å². The first kappa shape index (κ1) is 11.3. The molecule has 0 spiro atoms. The van der Waals surface area contributed by atoms with Gasteiger partial charge in [-0.15, -0.1) is 0 Å². The van der Waals surface area contributed by atoms with E-state index in [-0.39, 0.29) is 6.54 Å². The average Bonchev–Trinajstić information content (AvgIpc) is 2.14. The van der Waals surface area contributed by atoms with E-state index in [2.05, 4.69) is 0 Å². The zero-order valence-corrected chi connectivity index (χ0v) is 7.65. The Morgan fingerprint density at radius 2 is 1.93 bits per heavy atom. The van der Waals surface area contributed by atoms with Gasteiger partial charge in [0, 0.05) is 12.6 Å². The Hall–Kier alpha value is -0.780. The number of aliphatic hydroxyl groups excluding tert-OH is 1. The Morgan fingerprint density at radius 1 is 1.36 bits per heavy atom. The van der Waals surface area contributed by atoms with Crippen LogP contribution in [0.3, 0.4) is 0 Å². The van der Waals surface area contributed by atoms with Crippen LogP contribution < -0.4 is 5.73 Å². The van der Waals surface area contributed by atoms with Gasteiger partial charge in [-0.1, -0.05) is 11.6 Å². The maximum Gasteiger partial charge on any atom is 0.153 e. The van der Waals surface area contributed by atoms with Crippen LogP contribution in [0.2, 0.25) is 5.02 Å². The smallest absolute Gasteiger partial charge is 0.153 e. The molecule has 0 amide bonds. The molecule has 0 aliphatic heterocycles. The van der Waals surface area contributed by atoms with Gasteiger partial charge in [-0.3, -0.25) is 0 Å². The van der Waals surface area contributed by atoms with Crippen molar-refractivity contribution in [3.05, 3.63) is 34.1 Å². The average molecular weight is 226 g/mol. The van der Waals surface area contributed by atoms with Gasteiger partial charge in [-0.25, -0.2) is 13.2 Å². The number of benzene rings is 1. The highest BCUT2D eigenvalue weighted by Crippen LogP contribution is 2.28. The van der Waals surface area contributed by atoms with E-state index in [4.69, 9.17) is 22.4 Å². The van der Waals surface area contributed by atoms with Gasteiger partial charge in [0.15, 0.2) is 5.82 Å². The largest absolute Gasteiger partial charge is 0.387 e. The van der Waals surface area contributed by atoms with E-state index in [9.17, 15) is 13.2 Å². The van der Waals surface area contributed by atoms with Crippen molar-refractivity contribution in [2.45, 2.75) is 6.10 Å². The Kier molecular flexibility index (Phi) is 3.36. The van der Waals surface area contributed by atoms with E-state index >= 15 is 0 Å². The molecule has 1 atom stereocenters. The molecule has 0 heterocycles. The molecule has 0 saturated heterocycles. The zero-order valence-electron chi connectivity index (χ0n) is 6.90. The summed E-state index contributed by atoms with van der Waals surface area (Å²) in [5.41, 5.74) is 4.30. The van der Waals surface area contributed by atoms with Crippen molar-refractivity contribution in [2.24, 2.45) is 5.73 Å². The molecule has 0 aliphatic carbocycles. The van der Waals surface area contributed by atoms with Crippen molar-refractivity contribution in [1.82, 2.24) is 0 Å². The van der Waals surface area contributed by atoms with Crippen molar-refractivity contribution in [3.8, 4) is 0 Å². The first-order valence-electron chi connectivity index (χ1n) is 3.70. The first-order chi connectivity index (χ1) is 6.49. The molecule has 78 valence electrons. The molecule has 0 saturated carbocycles. The molecule has 0 bridgehead atoms. The van der Waals surface area contributed by atoms with Crippen molar-refractivity contribution in [1.29, 1.82) is 0 Å². The first-order valence-corrected chi connectivity index (χ1v) is 4.07. The van der Waals surface area contributed by atoms with Crippen LogP contribution in [0.5, 0.6) is 0 Å². The lowest BCUT2D eigenvalue weighted by Gasteiger charge is -2.11. The molecule has 0 aromatic heterocycles. The fraction of sp³-hybridized carbons (Fsp3) is 0.250. The van der Waals surface area contributed by atoms with Crippen molar-refractivity contribution in [3.63, 3.8) is 0 Å². The number of rotatable bonds is 2. The van der Waals surface area contributed by atoms with E-state index < -0.39 is 34.1 Å². The van der Waals surface area contributed by atoms with Crippen LogP contribution in [0.25, 0.3) is 0 Å². The fourth-order valence-electron chi connectivity index (χ4n) is 1.00. The van der Waals surface area contributed by atoms with Gasteiger partial charge in [0.2, 0.25) is 0 Å². The monoisotopic (exact) mass is 225 g/mol. The maximum absolute atomic E-state index is 13.1. The summed E-state index contributed by atoms with van der Waals surface area (Å²) in [6.07, 6.45) is -1.53. The minimum absolute atomic E-state index is 0.379. The van der Waals surface area contributed by atoms with Crippen LogP contribution in [-0.4, -0.2) is 11.7 Å². The Morgan fingerprint density at radius 3 is 2.43 bits per heavy atom. The third-order valence-corrected chi connectivity index (χ3v) is 2.05. The molecule has 3 N–H and O–H groups in total. The summed E-state index contributed by atoms with van der Waals surface area (Å²) < 4.78 is 38.8. The lowest BCUT2D eigenvalue weighted by Crippen LogP contribution is -2.15. The minimum Gasteiger partial charge on any atom is -0.387 e. The summed E-state index contributed by atoms with van der Waals surface area (Å²) in [6, 6.07) is 0.402. The van der Waals surface area contributed by atoms with Crippen LogP contribution in [0.4, 0.5) is 13.2 Å². The van der Waals surface area contributed by atoms with E-state index in [0.717, 1.165) is 0 Å². The van der Waals surface area contributed by atoms with Gasteiger partial charge in [0.05, 0.1) is 11.7 Å². The second-order valence-electron chi connectivity index (χ2n) is 2.63. The summed E-state index contributed by atoms with van der Waals surface area (Å²) in [5.74, 6) is -3.74. The lowest BCUT2D eigenvalue weighted by molar-refractivity contribution is 0.176.